The third-order valence-electron chi connectivity index (χ3n) is 3.81. The Balaban J connectivity index is 2.47. The van der Waals surface area contributed by atoms with Gasteiger partial charge in [-0.15, -0.1) is 11.3 Å². The number of pyridine rings is 1. The van der Waals surface area contributed by atoms with E-state index in [1.165, 1.54) is 22.4 Å². The Kier molecular flexibility index (Phi) is 5.92. The largest absolute Gasteiger partial charge is 0.444 e. The molecular formula is C18H23ClFN3O2S. The highest BCUT2D eigenvalue weighted by atomic mass is 35.5. The summed E-state index contributed by atoms with van der Waals surface area (Å²) in [5.41, 5.74) is 0.827. The van der Waals surface area contributed by atoms with E-state index in [4.69, 9.17) is 16.3 Å². The standard InChI is InChI=1S/C18H23ClFN3O2S/c1-9-8-21-16(19)13(20)12(9)14-15(26-11(3)22-14)10(2)23(7)17(24)25-18(4,5)6/h8,10H,1-7H3. The van der Waals surface area contributed by atoms with Gasteiger partial charge in [0.05, 0.1) is 21.6 Å². The molecule has 142 valence electrons. The maximum absolute atomic E-state index is 14.6. The normalized spacial score (nSPS) is 12.8. The molecule has 26 heavy (non-hydrogen) atoms. The molecule has 5 nitrogen and oxygen atoms in total. The van der Waals surface area contributed by atoms with Crippen LogP contribution in [0.3, 0.4) is 0 Å². The van der Waals surface area contributed by atoms with Crippen LogP contribution in [-0.2, 0) is 4.74 Å². The number of hydrogen-bond acceptors (Lipinski definition) is 5. The van der Waals surface area contributed by atoms with E-state index in [2.05, 4.69) is 9.97 Å². The number of thiazole rings is 1. The summed E-state index contributed by atoms with van der Waals surface area (Å²) in [6.45, 7) is 10.9. The van der Waals surface area contributed by atoms with Crippen molar-refractivity contribution in [2.45, 2.75) is 53.2 Å². The van der Waals surface area contributed by atoms with Crippen molar-refractivity contribution in [3.63, 3.8) is 0 Å². The average molecular weight is 400 g/mol. The van der Waals surface area contributed by atoms with Crippen LogP contribution in [0.25, 0.3) is 11.3 Å². The molecule has 0 aromatic carbocycles. The van der Waals surface area contributed by atoms with E-state index in [-0.39, 0.29) is 11.2 Å². The molecule has 0 aliphatic rings. The highest BCUT2D eigenvalue weighted by Crippen LogP contribution is 2.39. The number of carbonyl (C=O) groups excluding carboxylic acids is 1. The fourth-order valence-electron chi connectivity index (χ4n) is 2.41. The molecule has 2 aromatic rings. The minimum atomic E-state index is -0.606. The number of amides is 1. The lowest BCUT2D eigenvalue weighted by Gasteiger charge is -2.28. The Labute approximate surface area is 162 Å². The van der Waals surface area contributed by atoms with Gasteiger partial charge in [0, 0.05) is 18.8 Å². The molecule has 0 fully saturated rings. The molecule has 2 rings (SSSR count). The summed E-state index contributed by atoms with van der Waals surface area (Å²) in [6, 6.07) is -0.350. The first-order valence-electron chi connectivity index (χ1n) is 8.16. The Hall–Kier alpha value is -1.73. The van der Waals surface area contributed by atoms with E-state index in [1.54, 1.807) is 14.0 Å². The minimum Gasteiger partial charge on any atom is -0.444 e. The van der Waals surface area contributed by atoms with Gasteiger partial charge in [-0.05, 0) is 47.1 Å². The molecule has 0 bridgehead atoms. The van der Waals surface area contributed by atoms with Crippen LogP contribution < -0.4 is 0 Å². The molecule has 0 aliphatic heterocycles. The van der Waals surface area contributed by atoms with Gasteiger partial charge >= 0.3 is 6.09 Å². The number of hydrogen-bond donors (Lipinski definition) is 0. The van der Waals surface area contributed by atoms with E-state index >= 15 is 0 Å². The molecule has 1 unspecified atom stereocenters. The van der Waals surface area contributed by atoms with Crippen LogP contribution in [0.1, 0.15) is 49.2 Å². The second-order valence-electron chi connectivity index (χ2n) is 7.13. The lowest BCUT2D eigenvalue weighted by molar-refractivity contribution is 0.0236. The summed E-state index contributed by atoms with van der Waals surface area (Å²) in [6.07, 6.45) is 1.06. The van der Waals surface area contributed by atoms with Gasteiger partial charge in [0.15, 0.2) is 11.0 Å². The van der Waals surface area contributed by atoms with Crippen LogP contribution in [-0.4, -0.2) is 33.6 Å². The van der Waals surface area contributed by atoms with Crippen molar-refractivity contribution < 1.29 is 13.9 Å². The molecule has 0 saturated heterocycles. The van der Waals surface area contributed by atoms with Crippen LogP contribution in [0.4, 0.5) is 9.18 Å². The van der Waals surface area contributed by atoms with Crippen molar-refractivity contribution in [3.8, 4) is 11.3 Å². The van der Waals surface area contributed by atoms with E-state index in [1.807, 2.05) is 34.6 Å². The van der Waals surface area contributed by atoms with Crippen LogP contribution in [0.5, 0.6) is 0 Å². The first-order chi connectivity index (χ1) is 11.9. The molecule has 1 atom stereocenters. The smallest absolute Gasteiger partial charge is 0.410 e. The van der Waals surface area contributed by atoms with E-state index in [0.29, 0.717) is 16.8 Å². The number of aryl methyl sites for hydroxylation is 2. The second-order valence-corrected chi connectivity index (χ2v) is 8.73. The number of carbonyl (C=O) groups is 1. The van der Waals surface area contributed by atoms with Gasteiger partial charge in [-0.25, -0.2) is 19.2 Å². The zero-order chi connectivity index (χ0) is 19.8. The van der Waals surface area contributed by atoms with Gasteiger partial charge < -0.3 is 9.64 Å². The molecule has 0 N–H and O–H groups in total. The molecule has 0 aliphatic carbocycles. The number of aromatic nitrogens is 2. The summed E-state index contributed by atoms with van der Waals surface area (Å²) in [5.74, 6) is -0.606. The Morgan fingerprint density at radius 1 is 1.38 bits per heavy atom. The zero-order valence-corrected chi connectivity index (χ0v) is 17.5. The Morgan fingerprint density at radius 3 is 2.58 bits per heavy atom. The van der Waals surface area contributed by atoms with Gasteiger partial charge in [-0.2, -0.15) is 0 Å². The Bertz CT molecular complexity index is 833. The van der Waals surface area contributed by atoms with Crippen LogP contribution in [0, 0.1) is 19.7 Å². The first-order valence-corrected chi connectivity index (χ1v) is 9.36. The number of ether oxygens (including phenoxy) is 1. The highest BCUT2D eigenvalue weighted by Gasteiger charge is 2.29. The van der Waals surface area contributed by atoms with Gasteiger partial charge in [0.25, 0.3) is 0 Å². The van der Waals surface area contributed by atoms with Crippen LogP contribution in [0.2, 0.25) is 5.15 Å². The molecule has 0 radical (unpaired) electrons. The monoisotopic (exact) mass is 399 g/mol. The second kappa shape index (κ2) is 7.48. The minimum absolute atomic E-state index is 0.199. The Morgan fingerprint density at radius 2 is 2.00 bits per heavy atom. The van der Waals surface area contributed by atoms with Gasteiger partial charge in [-0.3, -0.25) is 0 Å². The van der Waals surface area contributed by atoms with Crippen LogP contribution >= 0.6 is 22.9 Å². The maximum atomic E-state index is 14.6. The molecule has 2 heterocycles. The zero-order valence-electron chi connectivity index (χ0n) is 16.0. The van der Waals surface area contributed by atoms with Crippen molar-refractivity contribution in [1.29, 1.82) is 0 Å². The summed E-state index contributed by atoms with van der Waals surface area (Å²) in [7, 11) is 1.65. The predicted octanol–water partition coefficient (Wildman–Crippen LogP) is 5.54. The van der Waals surface area contributed by atoms with Gasteiger partial charge in [0.1, 0.15) is 5.60 Å². The summed E-state index contributed by atoms with van der Waals surface area (Å²) in [4.78, 5) is 23.0. The summed E-state index contributed by atoms with van der Waals surface area (Å²) in [5, 5.41) is 0.571. The lowest BCUT2D eigenvalue weighted by Crippen LogP contribution is -2.35. The third-order valence-corrected chi connectivity index (χ3v) is 5.21. The van der Waals surface area contributed by atoms with Crippen molar-refractivity contribution in [2.75, 3.05) is 7.05 Å². The lowest BCUT2D eigenvalue weighted by atomic mass is 10.0. The van der Waals surface area contributed by atoms with Gasteiger partial charge in [0.2, 0.25) is 0 Å². The quantitative estimate of drug-likeness (QED) is 0.635. The van der Waals surface area contributed by atoms with Gasteiger partial charge in [-0.1, -0.05) is 11.6 Å². The van der Waals surface area contributed by atoms with Crippen molar-refractivity contribution >= 4 is 29.0 Å². The number of nitrogens with zero attached hydrogens (tertiary/aromatic N) is 3. The topological polar surface area (TPSA) is 55.3 Å². The molecule has 0 spiro atoms. The third kappa shape index (κ3) is 4.32. The molecule has 2 aromatic heterocycles. The molecule has 1 amide bonds. The SMILES string of the molecule is Cc1nc(-c2c(C)cnc(Cl)c2F)c(C(C)N(C)C(=O)OC(C)(C)C)s1. The molecular weight excluding hydrogens is 377 g/mol. The van der Waals surface area contributed by atoms with Crippen LogP contribution in [0.15, 0.2) is 6.20 Å². The van der Waals surface area contributed by atoms with Crippen molar-refractivity contribution in [1.82, 2.24) is 14.9 Å². The number of rotatable bonds is 3. The molecule has 0 saturated carbocycles. The average Bonchev–Trinajstić information content (AvgIpc) is 2.89. The van der Waals surface area contributed by atoms with E-state index in [9.17, 15) is 9.18 Å². The fourth-order valence-corrected chi connectivity index (χ4v) is 3.59. The fraction of sp³-hybridized carbons (Fsp3) is 0.500. The van der Waals surface area contributed by atoms with E-state index < -0.39 is 17.5 Å². The highest BCUT2D eigenvalue weighted by molar-refractivity contribution is 7.12. The summed E-state index contributed by atoms with van der Waals surface area (Å²) < 4.78 is 20.1. The summed E-state index contributed by atoms with van der Waals surface area (Å²) >= 11 is 7.28. The van der Waals surface area contributed by atoms with Crippen molar-refractivity contribution in [3.05, 3.63) is 32.6 Å². The maximum Gasteiger partial charge on any atom is 0.410 e. The van der Waals surface area contributed by atoms with Crippen molar-refractivity contribution in [2.24, 2.45) is 0 Å². The molecule has 8 heteroatoms. The predicted molar refractivity (Wildman–Crippen MR) is 102 cm³/mol. The first kappa shape index (κ1) is 20.6. The number of halogens is 2. The van der Waals surface area contributed by atoms with E-state index in [0.717, 1.165) is 9.88 Å².